The third kappa shape index (κ3) is 2.44. The second kappa shape index (κ2) is 5.15. The van der Waals surface area contributed by atoms with Gasteiger partial charge in [-0.2, -0.15) is 0 Å². The minimum Gasteiger partial charge on any atom is -0.378 e. The molecule has 0 saturated carbocycles. The van der Waals surface area contributed by atoms with E-state index in [-0.39, 0.29) is 0 Å². The van der Waals surface area contributed by atoms with Gasteiger partial charge >= 0.3 is 0 Å². The fourth-order valence-corrected chi connectivity index (χ4v) is 3.84. The van der Waals surface area contributed by atoms with Crippen LogP contribution in [-0.4, -0.2) is 0 Å². The summed E-state index contributed by atoms with van der Waals surface area (Å²) in [6, 6.07) is 13.3. The van der Waals surface area contributed by atoms with Crippen molar-refractivity contribution in [1.29, 1.82) is 0 Å². The van der Waals surface area contributed by atoms with E-state index in [1.54, 1.807) is 10.4 Å². The van der Waals surface area contributed by atoms with Gasteiger partial charge in [0.1, 0.15) is 0 Å². The zero-order valence-corrected chi connectivity index (χ0v) is 11.6. The van der Waals surface area contributed by atoms with Gasteiger partial charge in [-0.3, -0.25) is 0 Å². The lowest BCUT2D eigenvalue weighted by atomic mass is 9.99. The van der Waals surface area contributed by atoms with E-state index in [0.717, 1.165) is 0 Å². The number of nitrogens with one attached hydrogen (secondary N) is 1. The molecule has 0 aliphatic heterocycles. The Morgan fingerprint density at radius 2 is 1.89 bits per heavy atom. The number of anilines is 1. The van der Waals surface area contributed by atoms with Gasteiger partial charge in [0, 0.05) is 15.4 Å². The van der Waals surface area contributed by atoms with Crippen molar-refractivity contribution in [1.82, 2.24) is 0 Å². The van der Waals surface area contributed by atoms with E-state index >= 15 is 0 Å². The van der Waals surface area contributed by atoms with Crippen molar-refractivity contribution in [3.63, 3.8) is 0 Å². The second-order valence-corrected chi connectivity index (χ2v) is 6.20. The minimum absolute atomic E-state index is 0.406. The molecule has 0 spiro atoms. The van der Waals surface area contributed by atoms with Crippen LogP contribution in [0.2, 0.25) is 0 Å². The maximum atomic E-state index is 3.58. The zero-order valence-electron chi connectivity index (χ0n) is 10.8. The van der Waals surface area contributed by atoms with Crippen LogP contribution < -0.4 is 5.32 Å². The van der Waals surface area contributed by atoms with E-state index in [1.807, 2.05) is 11.3 Å². The molecule has 0 amide bonds. The van der Waals surface area contributed by atoms with Gasteiger partial charge in [0.15, 0.2) is 0 Å². The van der Waals surface area contributed by atoms with Crippen LogP contribution in [0, 0.1) is 0 Å². The van der Waals surface area contributed by atoms with E-state index in [4.69, 9.17) is 0 Å². The number of benzene rings is 1. The SMILES string of the molecule is CC(Nc1ccccc1)c1cc2c(s1)CCCC2. The van der Waals surface area contributed by atoms with E-state index < -0.39 is 0 Å². The molecule has 3 rings (SSSR count). The molecular weight excluding hydrogens is 238 g/mol. The van der Waals surface area contributed by atoms with Crippen LogP contribution in [0.4, 0.5) is 5.69 Å². The molecule has 1 heterocycles. The highest BCUT2D eigenvalue weighted by molar-refractivity contribution is 7.12. The van der Waals surface area contributed by atoms with Crippen molar-refractivity contribution < 1.29 is 0 Å². The van der Waals surface area contributed by atoms with Crippen LogP contribution in [0.5, 0.6) is 0 Å². The molecule has 18 heavy (non-hydrogen) atoms. The van der Waals surface area contributed by atoms with Crippen LogP contribution >= 0.6 is 11.3 Å². The Morgan fingerprint density at radius 3 is 2.67 bits per heavy atom. The van der Waals surface area contributed by atoms with Crippen molar-refractivity contribution in [2.24, 2.45) is 0 Å². The quantitative estimate of drug-likeness (QED) is 0.832. The van der Waals surface area contributed by atoms with Crippen LogP contribution in [0.3, 0.4) is 0 Å². The van der Waals surface area contributed by atoms with E-state index in [0.29, 0.717) is 6.04 Å². The van der Waals surface area contributed by atoms with Crippen molar-refractivity contribution in [2.75, 3.05) is 5.32 Å². The first-order valence-electron chi connectivity index (χ1n) is 6.76. The fourth-order valence-electron chi connectivity index (χ4n) is 2.58. The average molecular weight is 257 g/mol. The van der Waals surface area contributed by atoms with Gasteiger partial charge in [0.25, 0.3) is 0 Å². The van der Waals surface area contributed by atoms with Crippen molar-refractivity contribution in [3.8, 4) is 0 Å². The summed E-state index contributed by atoms with van der Waals surface area (Å²) >= 11 is 2.00. The van der Waals surface area contributed by atoms with Gasteiger partial charge in [-0.15, -0.1) is 11.3 Å². The molecule has 1 aliphatic rings. The third-order valence-corrected chi connectivity index (χ3v) is 5.02. The molecule has 1 aromatic heterocycles. The third-order valence-electron chi connectivity index (χ3n) is 3.60. The van der Waals surface area contributed by atoms with Crippen LogP contribution in [0.15, 0.2) is 36.4 Å². The predicted molar refractivity (Wildman–Crippen MR) is 79.4 cm³/mol. The Bertz CT molecular complexity index is 492. The minimum atomic E-state index is 0.406. The summed E-state index contributed by atoms with van der Waals surface area (Å²) in [6.07, 6.45) is 5.30. The molecule has 1 unspecified atom stereocenters. The summed E-state index contributed by atoms with van der Waals surface area (Å²) in [7, 11) is 0. The van der Waals surface area contributed by atoms with Gasteiger partial charge in [0.2, 0.25) is 0 Å². The molecular formula is C16H19NS. The molecule has 0 fully saturated rings. The lowest BCUT2D eigenvalue weighted by Crippen LogP contribution is -2.04. The molecule has 1 N–H and O–H groups in total. The molecule has 1 aliphatic carbocycles. The van der Waals surface area contributed by atoms with E-state index in [2.05, 4.69) is 48.6 Å². The van der Waals surface area contributed by atoms with Crippen molar-refractivity contribution in [3.05, 3.63) is 51.7 Å². The van der Waals surface area contributed by atoms with Crippen LogP contribution in [0.25, 0.3) is 0 Å². The summed E-state index contributed by atoms with van der Waals surface area (Å²) < 4.78 is 0. The first kappa shape index (κ1) is 11.8. The van der Waals surface area contributed by atoms with Gasteiger partial charge in [-0.1, -0.05) is 18.2 Å². The van der Waals surface area contributed by atoms with E-state index in [9.17, 15) is 0 Å². The molecule has 2 aromatic rings. The summed E-state index contributed by atoms with van der Waals surface area (Å²) in [6.45, 7) is 2.25. The Kier molecular flexibility index (Phi) is 3.37. The highest BCUT2D eigenvalue weighted by Crippen LogP contribution is 2.33. The monoisotopic (exact) mass is 257 g/mol. The van der Waals surface area contributed by atoms with Crippen LogP contribution in [-0.2, 0) is 12.8 Å². The van der Waals surface area contributed by atoms with Gasteiger partial charge in [-0.25, -0.2) is 0 Å². The number of thiophene rings is 1. The average Bonchev–Trinajstić information content (AvgIpc) is 2.84. The molecule has 2 heteroatoms. The van der Waals surface area contributed by atoms with Crippen LogP contribution in [0.1, 0.15) is 41.1 Å². The highest BCUT2D eigenvalue weighted by Gasteiger charge is 2.16. The standard InChI is InChI=1S/C16H19NS/c1-12(17-14-8-3-2-4-9-14)16-11-13-7-5-6-10-15(13)18-16/h2-4,8-9,11-12,17H,5-7,10H2,1H3. The lowest BCUT2D eigenvalue weighted by Gasteiger charge is -2.13. The maximum absolute atomic E-state index is 3.58. The summed E-state index contributed by atoms with van der Waals surface area (Å²) in [5, 5.41) is 3.58. The van der Waals surface area contributed by atoms with Gasteiger partial charge < -0.3 is 5.32 Å². The first-order valence-corrected chi connectivity index (χ1v) is 7.57. The smallest absolute Gasteiger partial charge is 0.0578 e. The summed E-state index contributed by atoms with van der Waals surface area (Å²) in [4.78, 5) is 3.10. The Hall–Kier alpha value is -1.28. The molecule has 94 valence electrons. The number of rotatable bonds is 3. The van der Waals surface area contributed by atoms with Gasteiger partial charge in [-0.05, 0) is 56.4 Å². The van der Waals surface area contributed by atoms with E-state index in [1.165, 1.54) is 36.2 Å². The fraction of sp³-hybridized carbons (Fsp3) is 0.375. The normalized spacial score (nSPS) is 16.1. The zero-order chi connectivity index (χ0) is 12.4. The Morgan fingerprint density at radius 1 is 1.11 bits per heavy atom. The summed E-state index contributed by atoms with van der Waals surface area (Å²) in [5.41, 5.74) is 2.80. The topological polar surface area (TPSA) is 12.0 Å². The second-order valence-electron chi connectivity index (χ2n) is 5.04. The number of fused-ring (bicyclic) bond motifs is 1. The lowest BCUT2D eigenvalue weighted by molar-refractivity contribution is 0.696. The summed E-state index contributed by atoms with van der Waals surface area (Å²) in [5.74, 6) is 0. The number of hydrogen-bond donors (Lipinski definition) is 1. The molecule has 0 bridgehead atoms. The van der Waals surface area contributed by atoms with Gasteiger partial charge in [0.05, 0.1) is 6.04 Å². The van der Waals surface area contributed by atoms with Crippen molar-refractivity contribution in [2.45, 2.75) is 38.6 Å². The number of hydrogen-bond acceptors (Lipinski definition) is 2. The highest BCUT2D eigenvalue weighted by atomic mass is 32.1. The van der Waals surface area contributed by atoms with Crippen molar-refractivity contribution >= 4 is 17.0 Å². The first-order chi connectivity index (χ1) is 8.83. The number of aryl methyl sites for hydroxylation is 2. The molecule has 0 radical (unpaired) electrons. The molecule has 1 atom stereocenters. The Labute approximate surface area is 113 Å². The predicted octanol–water partition coefficient (Wildman–Crippen LogP) is 4.80. The molecule has 1 nitrogen and oxygen atoms in total. The maximum Gasteiger partial charge on any atom is 0.0578 e. The Balaban J connectivity index is 1.76. The molecule has 1 aromatic carbocycles. The molecule has 0 saturated heterocycles. The largest absolute Gasteiger partial charge is 0.378 e. The number of para-hydroxylation sites is 1.